The molecule has 2 aromatic rings. The van der Waals surface area contributed by atoms with Crippen molar-refractivity contribution in [2.45, 2.75) is 6.54 Å². The predicted octanol–water partition coefficient (Wildman–Crippen LogP) is 2.58. The van der Waals surface area contributed by atoms with Gasteiger partial charge in [-0.3, -0.25) is 4.79 Å². The highest BCUT2D eigenvalue weighted by atomic mass is 19.2. The maximum atomic E-state index is 13.4. The Morgan fingerprint density at radius 3 is 2.09 bits per heavy atom. The Morgan fingerprint density at radius 2 is 1.55 bits per heavy atom. The Kier molecular flexibility index (Phi) is 4.20. The van der Waals surface area contributed by atoms with Crippen LogP contribution in [0.1, 0.15) is 15.9 Å². The summed E-state index contributed by atoms with van der Waals surface area (Å²) >= 11 is 0. The molecule has 0 unspecified atom stereocenters. The number of hydrogen-bond donors (Lipinski definition) is 3. The second-order valence-electron chi connectivity index (χ2n) is 4.33. The molecular formula is C14H9F4NO3. The highest BCUT2D eigenvalue weighted by molar-refractivity contribution is 5.94. The molecule has 0 heterocycles. The van der Waals surface area contributed by atoms with Crippen molar-refractivity contribution in [3.8, 4) is 11.5 Å². The number of rotatable bonds is 3. The van der Waals surface area contributed by atoms with Gasteiger partial charge < -0.3 is 15.5 Å². The first kappa shape index (κ1) is 15.6. The monoisotopic (exact) mass is 315 g/mol. The van der Waals surface area contributed by atoms with Crippen molar-refractivity contribution in [2.75, 3.05) is 0 Å². The molecule has 0 fully saturated rings. The van der Waals surface area contributed by atoms with Crippen molar-refractivity contribution in [2.24, 2.45) is 0 Å². The van der Waals surface area contributed by atoms with Crippen LogP contribution in [0.25, 0.3) is 0 Å². The zero-order chi connectivity index (χ0) is 16.4. The predicted molar refractivity (Wildman–Crippen MR) is 67.2 cm³/mol. The number of hydrogen-bond acceptors (Lipinski definition) is 3. The lowest BCUT2D eigenvalue weighted by molar-refractivity contribution is 0.0949. The van der Waals surface area contributed by atoms with E-state index in [4.69, 9.17) is 5.11 Å². The van der Waals surface area contributed by atoms with Gasteiger partial charge in [0.2, 0.25) is 0 Å². The summed E-state index contributed by atoms with van der Waals surface area (Å²) in [5, 5.41) is 20.4. The van der Waals surface area contributed by atoms with Crippen LogP contribution in [0.4, 0.5) is 17.6 Å². The van der Waals surface area contributed by atoms with E-state index in [-0.39, 0.29) is 11.6 Å². The summed E-state index contributed by atoms with van der Waals surface area (Å²) in [6.45, 7) is -0.799. The van der Waals surface area contributed by atoms with Gasteiger partial charge in [-0.15, -0.1) is 0 Å². The van der Waals surface area contributed by atoms with Crippen molar-refractivity contribution in [1.29, 1.82) is 0 Å². The Hall–Kier alpha value is -2.77. The van der Waals surface area contributed by atoms with E-state index in [9.17, 15) is 27.5 Å². The fourth-order valence-electron chi connectivity index (χ4n) is 1.71. The first-order valence-electron chi connectivity index (χ1n) is 5.93. The fraction of sp³-hybridized carbons (Fsp3) is 0.0714. The maximum absolute atomic E-state index is 13.4. The number of amides is 1. The topological polar surface area (TPSA) is 69.6 Å². The zero-order valence-corrected chi connectivity index (χ0v) is 10.8. The molecule has 0 aliphatic rings. The minimum atomic E-state index is -1.60. The van der Waals surface area contributed by atoms with E-state index < -0.39 is 52.8 Å². The Morgan fingerprint density at radius 1 is 0.955 bits per heavy atom. The average molecular weight is 315 g/mol. The first-order valence-corrected chi connectivity index (χ1v) is 5.93. The number of nitrogens with one attached hydrogen (secondary N) is 1. The van der Waals surface area contributed by atoms with Gasteiger partial charge in [0.15, 0.2) is 34.8 Å². The molecule has 2 aromatic carbocycles. The van der Waals surface area contributed by atoms with Gasteiger partial charge in [0.25, 0.3) is 5.91 Å². The van der Waals surface area contributed by atoms with Crippen LogP contribution in [0.3, 0.4) is 0 Å². The van der Waals surface area contributed by atoms with Crippen LogP contribution in [0.15, 0.2) is 24.3 Å². The molecule has 3 N–H and O–H groups in total. The number of phenols is 2. The molecule has 0 bridgehead atoms. The van der Waals surface area contributed by atoms with E-state index in [1.807, 2.05) is 0 Å². The van der Waals surface area contributed by atoms with Crippen molar-refractivity contribution >= 4 is 5.91 Å². The lowest BCUT2D eigenvalue weighted by Gasteiger charge is -2.09. The Labute approximate surface area is 121 Å². The minimum absolute atomic E-state index is 0.0635. The molecule has 1 amide bonds. The van der Waals surface area contributed by atoms with E-state index in [1.54, 1.807) is 0 Å². The van der Waals surface area contributed by atoms with Crippen molar-refractivity contribution in [3.63, 3.8) is 0 Å². The third-order valence-electron chi connectivity index (χ3n) is 2.87. The van der Waals surface area contributed by atoms with Crippen LogP contribution in [0, 0.1) is 23.3 Å². The smallest absolute Gasteiger partial charge is 0.251 e. The van der Waals surface area contributed by atoms with Crippen LogP contribution in [-0.4, -0.2) is 16.1 Å². The van der Waals surface area contributed by atoms with E-state index in [1.165, 1.54) is 0 Å². The number of benzene rings is 2. The molecule has 0 aliphatic heterocycles. The Bertz CT molecular complexity index is 723. The third kappa shape index (κ3) is 2.95. The van der Waals surface area contributed by atoms with Gasteiger partial charge in [-0.25, -0.2) is 17.6 Å². The van der Waals surface area contributed by atoms with Crippen molar-refractivity contribution in [3.05, 3.63) is 58.7 Å². The molecule has 0 saturated carbocycles. The molecule has 8 heteroatoms. The second kappa shape index (κ2) is 5.92. The van der Waals surface area contributed by atoms with Gasteiger partial charge in [0, 0.05) is 23.7 Å². The quantitative estimate of drug-likeness (QED) is 0.463. The van der Waals surface area contributed by atoms with Crippen molar-refractivity contribution < 1.29 is 32.6 Å². The zero-order valence-electron chi connectivity index (χ0n) is 10.8. The molecule has 0 spiro atoms. The van der Waals surface area contributed by atoms with Crippen molar-refractivity contribution in [1.82, 2.24) is 5.32 Å². The number of phenolic OH excluding ortho intramolecular Hbond substituents is 2. The summed E-state index contributed by atoms with van der Waals surface area (Å²) in [5.74, 6) is -8.25. The van der Waals surface area contributed by atoms with E-state index >= 15 is 0 Å². The lowest BCUT2D eigenvalue weighted by Crippen LogP contribution is -2.24. The molecule has 4 nitrogen and oxygen atoms in total. The van der Waals surface area contributed by atoms with Crippen LogP contribution < -0.4 is 5.32 Å². The molecule has 116 valence electrons. The SMILES string of the molecule is O=C(NCc1c(F)c(F)cc(F)c1F)c1ccc(O)c(O)c1. The van der Waals surface area contributed by atoms with Crippen LogP contribution in [0.2, 0.25) is 0 Å². The van der Waals surface area contributed by atoms with Crippen LogP contribution in [0.5, 0.6) is 11.5 Å². The normalized spacial score (nSPS) is 10.5. The van der Waals surface area contributed by atoms with Crippen LogP contribution in [-0.2, 0) is 6.54 Å². The largest absolute Gasteiger partial charge is 0.504 e. The molecule has 0 radical (unpaired) electrons. The summed E-state index contributed by atoms with van der Waals surface area (Å²) in [4.78, 5) is 11.7. The second-order valence-corrected chi connectivity index (χ2v) is 4.33. The molecule has 0 aliphatic carbocycles. The van der Waals surface area contributed by atoms with Gasteiger partial charge in [-0.1, -0.05) is 0 Å². The number of carbonyl (C=O) groups excluding carboxylic acids is 1. The van der Waals surface area contributed by atoms with Gasteiger partial charge in [-0.05, 0) is 18.2 Å². The summed E-state index contributed by atoms with van der Waals surface area (Å²) in [6, 6.07) is 3.16. The summed E-state index contributed by atoms with van der Waals surface area (Å²) in [7, 11) is 0. The van der Waals surface area contributed by atoms with E-state index in [0.717, 1.165) is 18.2 Å². The molecule has 0 aromatic heterocycles. The van der Waals surface area contributed by atoms with E-state index in [0.29, 0.717) is 0 Å². The molecular weight excluding hydrogens is 306 g/mol. The first-order chi connectivity index (χ1) is 10.3. The standard InChI is InChI=1S/C14H9F4NO3/c15-8-4-9(16)13(18)7(12(8)17)5-19-14(22)6-1-2-10(20)11(21)3-6/h1-4,20-21H,5H2,(H,19,22). The minimum Gasteiger partial charge on any atom is -0.504 e. The molecule has 0 saturated heterocycles. The van der Waals surface area contributed by atoms with Crippen LogP contribution >= 0.6 is 0 Å². The summed E-state index contributed by atoms with van der Waals surface area (Å²) in [6.07, 6.45) is 0. The summed E-state index contributed by atoms with van der Waals surface area (Å²) in [5.41, 5.74) is -1.08. The average Bonchev–Trinajstić information content (AvgIpc) is 2.47. The maximum Gasteiger partial charge on any atom is 0.251 e. The van der Waals surface area contributed by atoms with Gasteiger partial charge >= 0.3 is 0 Å². The summed E-state index contributed by atoms with van der Waals surface area (Å²) < 4.78 is 52.8. The fourth-order valence-corrected chi connectivity index (χ4v) is 1.71. The van der Waals surface area contributed by atoms with Gasteiger partial charge in [0.05, 0.1) is 0 Å². The van der Waals surface area contributed by atoms with Gasteiger partial charge in [0.1, 0.15) is 0 Å². The molecule has 22 heavy (non-hydrogen) atoms. The highest BCUT2D eigenvalue weighted by Crippen LogP contribution is 2.25. The highest BCUT2D eigenvalue weighted by Gasteiger charge is 2.19. The van der Waals surface area contributed by atoms with Gasteiger partial charge in [-0.2, -0.15) is 0 Å². The lowest BCUT2D eigenvalue weighted by atomic mass is 10.1. The third-order valence-corrected chi connectivity index (χ3v) is 2.87. The molecule has 2 rings (SSSR count). The van der Waals surface area contributed by atoms with E-state index in [2.05, 4.69) is 5.32 Å². The molecule has 0 atom stereocenters. The number of carbonyl (C=O) groups is 1. The Balaban J connectivity index is 2.20. The number of aromatic hydroxyl groups is 2. The number of halogens is 4.